The van der Waals surface area contributed by atoms with Gasteiger partial charge in [-0.1, -0.05) is 20.8 Å². The van der Waals surface area contributed by atoms with E-state index in [1.165, 1.54) is 12.8 Å². The van der Waals surface area contributed by atoms with Crippen LogP contribution in [0.4, 0.5) is 0 Å². The molecule has 0 radical (unpaired) electrons. The van der Waals surface area contributed by atoms with E-state index in [-0.39, 0.29) is 5.41 Å². The van der Waals surface area contributed by atoms with Gasteiger partial charge in [0.1, 0.15) is 12.2 Å². The molecule has 21 heavy (non-hydrogen) atoms. The number of hydrogen-bond acceptors (Lipinski definition) is 4. The van der Waals surface area contributed by atoms with E-state index in [9.17, 15) is 0 Å². The molecule has 1 aromatic heterocycles. The van der Waals surface area contributed by atoms with Gasteiger partial charge in [0, 0.05) is 33.2 Å². The first-order valence-electron chi connectivity index (χ1n) is 8.11. The molecular formula is C16H30N4O. The number of methoxy groups -OCH3 is 1. The van der Waals surface area contributed by atoms with Crippen LogP contribution in [-0.2, 0) is 17.7 Å². The van der Waals surface area contributed by atoms with Crippen LogP contribution in [0.3, 0.4) is 0 Å². The molecule has 5 nitrogen and oxygen atoms in total. The Labute approximate surface area is 128 Å². The zero-order chi connectivity index (χ0) is 15.3. The number of aromatic nitrogens is 3. The van der Waals surface area contributed by atoms with Crippen molar-refractivity contribution in [2.75, 3.05) is 26.8 Å². The molecule has 120 valence electrons. The van der Waals surface area contributed by atoms with Crippen molar-refractivity contribution in [2.45, 2.75) is 46.6 Å². The van der Waals surface area contributed by atoms with E-state index < -0.39 is 0 Å². The second kappa shape index (κ2) is 7.36. The quantitative estimate of drug-likeness (QED) is 0.672. The second-order valence-electron chi connectivity index (χ2n) is 7.03. The fraction of sp³-hybridized carbons (Fsp3) is 0.875. The predicted molar refractivity (Wildman–Crippen MR) is 84.1 cm³/mol. The average molecular weight is 294 g/mol. The maximum atomic E-state index is 5.11. The first-order chi connectivity index (χ1) is 10.0. The normalized spacial score (nSPS) is 18.1. The van der Waals surface area contributed by atoms with Crippen molar-refractivity contribution in [1.29, 1.82) is 0 Å². The predicted octanol–water partition coefficient (Wildman–Crippen LogP) is 2.13. The van der Waals surface area contributed by atoms with Crippen molar-refractivity contribution in [3.8, 4) is 0 Å². The van der Waals surface area contributed by atoms with Gasteiger partial charge in [-0.2, -0.15) is 5.10 Å². The maximum Gasteiger partial charge on any atom is 0.138 e. The number of ether oxygens (including phenoxy) is 1. The maximum absolute atomic E-state index is 5.11. The van der Waals surface area contributed by atoms with Gasteiger partial charge in [-0.05, 0) is 30.1 Å². The first-order valence-corrected chi connectivity index (χ1v) is 8.11. The lowest BCUT2D eigenvalue weighted by Gasteiger charge is -2.30. The lowest BCUT2D eigenvalue weighted by molar-refractivity contribution is 0.185. The van der Waals surface area contributed by atoms with Gasteiger partial charge < -0.3 is 10.1 Å². The summed E-state index contributed by atoms with van der Waals surface area (Å²) in [6, 6.07) is 0. The van der Waals surface area contributed by atoms with Crippen LogP contribution in [0.1, 0.15) is 39.4 Å². The molecule has 1 aromatic rings. The van der Waals surface area contributed by atoms with Crippen LogP contribution >= 0.6 is 0 Å². The highest BCUT2D eigenvalue weighted by molar-refractivity contribution is 5.00. The van der Waals surface area contributed by atoms with E-state index in [1.807, 2.05) is 0 Å². The number of hydrogen-bond donors (Lipinski definition) is 1. The Balaban J connectivity index is 1.97. The van der Waals surface area contributed by atoms with Crippen LogP contribution in [0.15, 0.2) is 6.33 Å². The minimum Gasteiger partial charge on any atom is -0.383 e. The molecule has 1 saturated carbocycles. The Hall–Kier alpha value is -0.940. The Morgan fingerprint density at radius 3 is 2.86 bits per heavy atom. The molecule has 1 fully saturated rings. The van der Waals surface area contributed by atoms with E-state index in [1.54, 1.807) is 13.4 Å². The van der Waals surface area contributed by atoms with Crippen LogP contribution in [0, 0.1) is 17.3 Å². The molecule has 2 rings (SSSR count). The van der Waals surface area contributed by atoms with Crippen molar-refractivity contribution in [3.05, 3.63) is 12.2 Å². The zero-order valence-corrected chi connectivity index (χ0v) is 13.9. The topological polar surface area (TPSA) is 52.0 Å². The van der Waals surface area contributed by atoms with E-state index in [0.717, 1.165) is 44.4 Å². The number of rotatable bonds is 10. The minimum absolute atomic E-state index is 0.273. The van der Waals surface area contributed by atoms with E-state index in [2.05, 4.69) is 40.9 Å². The first kappa shape index (κ1) is 16.4. The SMILES string of the molecule is COCCNCC(C)(Cc1ncnn1CC(C)C)C1CC1. The molecule has 0 bridgehead atoms. The molecule has 1 aliphatic rings. The highest BCUT2D eigenvalue weighted by Crippen LogP contribution is 2.46. The molecule has 1 unspecified atom stereocenters. The lowest BCUT2D eigenvalue weighted by Crippen LogP contribution is -2.37. The highest BCUT2D eigenvalue weighted by Gasteiger charge is 2.42. The summed E-state index contributed by atoms with van der Waals surface area (Å²) >= 11 is 0. The lowest BCUT2D eigenvalue weighted by atomic mass is 9.81. The molecule has 5 heteroatoms. The molecule has 1 heterocycles. The summed E-state index contributed by atoms with van der Waals surface area (Å²) < 4.78 is 7.20. The fourth-order valence-electron chi connectivity index (χ4n) is 2.96. The van der Waals surface area contributed by atoms with Crippen molar-refractivity contribution in [1.82, 2.24) is 20.1 Å². The fourth-order valence-corrected chi connectivity index (χ4v) is 2.96. The van der Waals surface area contributed by atoms with Crippen LogP contribution in [0.2, 0.25) is 0 Å². The summed E-state index contributed by atoms with van der Waals surface area (Å²) in [6.07, 6.45) is 5.40. The van der Waals surface area contributed by atoms with Crippen LogP contribution in [-0.4, -0.2) is 41.6 Å². The second-order valence-corrected chi connectivity index (χ2v) is 7.03. The molecule has 0 amide bonds. The Morgan fingerprint density at radius 1 is 1.48 bits per heavy atom. The summed E-state index contributed by atoms with van der Waals surface area (Å²) in [6.45, 7) is 10.5. The van der Waals surface area contributed by atoms with Crippen LogP contribution in [0.25, 0.3) is 0 Å². The summed E-state index contributed by atoms with van der Waals surface area (Å²) in [5, 5.41) is 7.93. The van der Waals surface area contributed by atoms with Crippen LogP contribution < -0.4 is 5.32 Å². The third kappa shape index (κ3) is 4.78. The van der Waals surface area contributed by atoms with Gasteiger partial charge in [0.25, 0.3) is 0 Å². The van der Waals surface area contributed by atoms with Gasteiger partial charge in [-0.15, -0.1) is 0 Å². The molecule has 1 N–H and O–H groups in total. The molecular weight excluding hydrogens is 264 g/mol. The third-order valence-electron chi connectivity index (χ3n) is 4.37. The van der Waals surface area contributed by atoms with E-state index >= 15 is 0 Å². The van der Waals surface area contributed by atoms with Gasteiger partial charge in [0.05, 0.1) is 6.61 Å². The largest absolute Gasteiger partial charge is 0.383 e. The van der Waals surface area contributed by atoms with E-state index in [4.69, 9.17) is 4.74 Å². The molecule has 0 aliphatic heterocycles. The van der Waals surface area contributed by atoms with E-state index in [0.29, 0.717) is 5.92 Å². The highest BCUT2D eigenvalue weighted by atomic mass is 16.5. The number of nitrogens with zero attached hydrogens (tertiary/aromatic N) is 3. The molecule has 0 saturated heterocycles. The Bertz CT molecular complexity index is 428. The summed E-state index contributed by atoms with van der Waals surface area (Å²) in [4.78, 5) is 4.51. The summed E-state index contributed by atoms with van der Waals surface area (Å²) in [7, 11) is 1.75. The molecule has 1 aliphatic carbocycles. The molecule has 0 aromatic carbocycles. The Kier molecular flexibility index (Phi) is 5.76. The van der Waals surface area contributed by atoms with Crippen molar-refractivity contribution >= 4 is 0 Å². The van der Waals surface area contributed by atoms with Crippen LogP contribution in [0.5, 0.6) is 0 Å². The smallest absolute Gasteiger partial charge is 0.138 e. The Morgan fingerprint density at radius 2 is 2.24 bits per heavy atom. The minimum atomic E-state index is 0.273. The average Bonchev–Trinajstić information content (AvgIpc) is 3.20. The van der Waals surface area contributed by atoms with Crippen molar-refractivity contribution in [3.63, 3.8) is 0 Å². The van der Waals surface area contributed by atoms with Gasteiger partial charge in [0.15, 0.2) is 0 Å². The van der Waals surface area contributed by atoms with Gasteiger partial charge in [-0.25, -0.2) is 9.67 Å². The standard InChI is InChI=1S/C16H30N4O/c1-13(2)10-20-15(18-12-19-20)9-16(3,14-5-6-14)11-17-7-8-21-4/h12-14,17H,5-11H2,1-4H3. The van der Waals surface area contributed by atoms with Crippen molar-refractivity contribution < 1.29 is 4.74 Å². The zero-order valence-electron chi connectivity index (χ0n) is 13.9. The van der Waals surface area contributed by atoms with Gasteiger partial charge in [-0.3, -0.25) is 0 Å². The summed E-state index contributed by atoms with van der Waals surface area (Å²) in [5.41, 5.74) is 0.273. The third-order valence-corrected chi connectivity index (χ3v) is 4.37. The monoisotopic (exact) mass is 294 g/mol. The molecule has 1 atom stereocenters. The van der Waals surface area contributed by atoms with Gasteiger partial charge >= 0.3 is 0 Å². The summed E-state index contributed by atoms with van der Waals surface area (Å²) in [5.74, 6) is 2.54. The van der Waals surface area contributed by atoms with Crippen molar-refractivity contribution in [2.24, 2.45) is 17.3 Å². The molecule has 0 spiro atoms. The number of nitrogens with one attached hydrogen (secondary N) is 1. The van der Waals surface area contributed by atoms with Gasteiger partial charge in [0.2, 0.25) is 0 Å².